The molecule has 7 nitrogen and oxygen atoms in total. The number of hydrogen-bond acceptors (Lipinski definition) is 5. The van der Waals surface area contributed by atoms with Gasteiger partial charge in [-0.15, -0.1) is 0 Å². The SMILES string of the molecule is CN=C(N(C)C)[N+](C)(C)C.COS(=O)(=O)[O-]. The smallest absolute Gasteiger partial charge is 0.298 e. The summed E-state index contributed by atoms with van der Waals surface area (Å²) < 4.78 is 31.8. The molecule has 0 amide bonds. The van der Waals surface area contributed by atoms with Crippen molar-refractivity contribution in [2.24, 2.45) is 4.99 Å². The van der Waals surface area contributed by atoms with Crippen LogP contribution in [-0.4, -0.2) is 77.7 Å². The van der Waals surface area contributed by atoms with Crippen LogP contribution < -0.4 is 0 Å². The van der Waals surface area contributed by atoms with Gasteiger partial charge in [0.05, 0.1) is 28.3 Å². The molecular formula is C8H21N3O4S. The summed E-state index contributed by atoms with van der Waals surface area (Å²) in [6, 6.07) is 0. The minimum absolute atomic E-state index is 0.767. The number of guanidine groups is 1. The molecule has 0 aliphatic carbocycles. The molecule has 16 heavy (non-hydrogen) atoms. The van der Waals surface area contributed by atoms with Crippen molar-refractivity contribution < 1.29 is 21.6 Å². The Morgan fingerprint density at radius 3 is 1.62 bits per heavy atom. The summed E-state index contributed by atoms with van der Waals surface area (Å²) >= 11 is 0. The second-order valence-corrected chi connectivity index (χ2v) is 5.16. The van der Waals surface area contributed by atoms with Crippen LogP contribution in [0.4, 0.5) is 0 Å². The molecule has 0 unspecified atom stereocenters. The Morgan fingerprint density at radius 1 is 1.31 bits per heavy atom. The highest BCUT2D eigenvalue weighted by atomic mass is 32.3. The third kappa shape index (κ3) is 9.84. The van der Waals surface area contributed by atoms with Crippen molar-refractivity contribution in [2.45, 2.75) is 0 Å². The molecule has 8 heteroatoms. The maximum atomic E-state index is 9.22. The summed E-state index contributed by atoms with van der Waals surface area (Å²) in [5, 5.41) is 0. The van der Waals surface area contributed by atoms with Crippen LogP contribution >= 0.6 is 0 Å². The molecule has 0 saturated heterocycles. The maximum absolute atomic E-state index is 9.22. The Bertz CT molecular complexity index is 317. The van der Waals surface area contributed by atoms with E-state index in [0.29, 0.717) is 0 Å². The van der Waals surface area contributed by atoms with Gasteiger partial charge in [-0.1, -0.05) is 0 Å². The first kappa shape index (κ1) is 17.7. The maximum Gasteiger partial charge on any atom is 0.298 e. The highest BCUT2D eigenvalue weighted by Gasteiger charge is 2.18. The summed E-state index contributed by atoms with van der Waals surface area (Å²) in [6.07, 6.45) is 0. The zero-order valence-corrected chi connectivity index (χ0v) is 11.7. The number of rotatable bonds is 1. The molecular weight excluding hydrogens is 234 g/mol. The van der Waals surface area contributed by atoms with Gasteiger partial charge in [-0.05, 0) is 0 Å². The Hall–Kier alpha value is -0.700. The van der Waals surface area contributed by atoms with Crippen molar-refractivity contribution in [1.82, 2.24) is 4.90 Å². The topological polar surface area (TPSA) is 82.0 Å². The van der Waals surface area contributed by atoms with Crippen molar-refractivity contribution in [2.75, 3.05) is 49.4 Å². The van der Waals surface area contributed by atoms with Gasteiger partial charge in [-0.2, -0.15) is 0 Å². The molecule has 0 bridgehead atoms. The van der Waals surface area contributed by atoms with Gasteiger partial charge in [0, 0.05) is 21.1 Å². The fourth-order valence-corrected chi connectivity index (χ4v) is 1.10. The van der Waals surface area contributed by atoms with Crippen LogP contribution in [0.1, 0.15) is 0 Å². The van der Waals surface area contributed by atoms with E-state index in [-0.39, 0.29) is 0 Å². The van der Waals surface area contributed by atoms with E-state index in [0.717, 1.165) is 17.6 Å². The lowest BCUT2D eigenvalue weighted by Crippen LogP contribution is -2.48. The Morgan fingerprint density at radius 2 is 1.62 bits per heavy atom. The predicted molar refractivity (Wildman–Crippen MR) is 61.8 cm³/mol. The number of aliphatic imine (C=N–C) groups is 1. The van der Waals surface area contributed by atoms with Gasteiger partial charge in [-0.25, -0.2) is 13.4 Å². The molecule has 0 aromatic heterocycles. The molecule has 0 saturated carbocycles. The van der Waals surface area contributed by atoms with E-state index < -0.39 is 10.4 Å². The minimum Gasteiger partial charge on any atom is -0.726 e. The molecule has 0 fully saturated rings. The van der Waals surface area contributed by atoms with E-state index in [1.54, 1.807) is 0 Å². The molecule has 0 aliphatic heterocycles. The van der Waals surface area contributed by atoms with Gasteiger partial charge in [0.1, 0.15) is 0 Å². The molecule has 0 heterocycles. The fourth-order valence-electron chi connectivity index (χ4n) is 1.10. The quantitative estimate of drug-likeness (QED) is 0.204. The average molecular weight is 255 g/mol. The fraction of sp³-hybridized carbons (Fsp3) is 0.875. The van der Waals surface area contributed by atoms with E-state index in [1.807, 2.05) is 26.0 Å². The summed E-state index contributed by atoms with van der Waals surface area (Å²) in [5.41, 5.74) is 0. The number of hydrogen-bond donors (Lipinski definition) is 0. The molecule has 0 rings (SSSR count). The Labute approximate surface area is 97.9 Å². The normalized spacial score (nSPS) is 12.9. The third-order valence-electron chi connectivity index (χ3n) is 1.40. The molecule has 0 N–H and O–H groups in total. The van der Waals surface area contributed by atoms with Crippen LogP contribution in [0.25, 0.3) is 0 Å². The van der Waals surface area contributed by atoms with E-state index in [1.165, 1.54) is 0 Å². The van der Waals surface area contributed by atoms with E-state index in [2.05, 4.69) is 30.3 Å². The van der Waals surface area contributed by atoms with E-state index in [9.17, 15) is 13.0 Å². The highest BCUT2D eigenvalue weighted by Crippen LogP contribution is 1.96. The first-order valence-electron chi connectivity index (χ1n) is 4.43. The second kappa shape index (κ2) is 6.79. The largest absolute Gasteiger partial charge is 0.726 e. The van der Waals surface area contributed by atoms with Crippen molar-refractivity contribution in [3.05, 3.63) is 0 Å². The standard InChI is InChI=1S/C7H18N3.CH4O4S/c1-8-7(9(2)3)10(4,5)6;1-5-6(2,3)4/h1-6H3;1H3,(H,2,3,4)/q+1;/p-1. The van der Waals surface area contributed by atoms with Crippen LogP contribution in [-0.2, 0) is 14.6 Å². The molecule has 0 spiro atoms. The van der Waals surface area contributed by atoms with Crippen LogP contribution in [0, 0.1) is 0 Å². The lowest BCUT2D eigenvalue weighted by molar-refractivity contribution is -0.782. The van der Waals surface area contributed by atoms with E-state index >= 15 is 0 Å². The lowest BCUT2D eigenvalue weighted by atomic mass is 10.6. The van der Waals surface area contributed by atoms with Gasteiger partial charge in [0.25, 0.3) is 5.96 Å². The highest BCUT2D eigenvalue weighted by molar-refractivity contribution is 7.80. The van der Waals surface area contributed by atoms with Gasteiger partial charge >= 0.3 is 0 Å². The predicted octanol–water partition coefficient (Wildman–Crippen LogP) is -0.667. The van der Waals surface area contributed by atoms with Gasteiger partial charge in [-0.3, -0.25) is 8.67 Å². The van der Waals surface area contributed by atoms with Crippen molar-refractivity contribution in [3.8, 4) is 0 Å². The molecule has 0 aliphatic rings. The first-order valence-corrected chi connectivity index (χ1v) is 5.76. The van der Waals surface area contributed by atoms with Gasteiger partial charge < -0.3 is 9.45 Å². The molecule has 0 radical (unpaired) electrons. The zero-order chi connectivity index (χ0) is 13.6. The van der Waals surface area contributed by atoms with E-state index in [4.69, 9.17) is 0 Å². The second-order valence-electron chi connectivity index (χ2n) is 4.01. The zero-order valence-electron chi connectivity index (χ0n) is 10.9. The number of quaternary nitrogens is 1. The van der Waals surface area contributed by atoms with Crippen LogP contribution in [0.3, 0.4) is 0 Å². The number of nitrogens with zero attached hydrogens (tertiary/aromatic N) is 3. The molecule has 98 valence electrons. The van der Waals surface area contributed by atoms with Crippen LogP contribution in [0.2, 0.25) is 0 Å². The van der Waals surface area contributed by atoms with Crippen molar-refractivity contribution >= 4 is 16.4 Å². The monoisotopic (exact) mass is 255 g/mol. The molecule has 0 aromatic carbocycles. The first-order chi connectivity index (χ1) is 6.95. The molecule has 0 atom stereocenters. The van der Waals surface area contributed by atoms with Crippen LogP contribution in [0.15, 0.2) is 4.99 Å². The Kier molecular flexibility index (Phi) is 7.51. The lowest BCUT2D eigenvalue weighted by Gasteiger charge is -2.28. The summed E-state index contributed by atoms with van der Waals surface area (Å²) in [5.74, 6) is 1.07. The van der Waals surface area contributed by atoms with Gasteiger partial charge in [0.15, 0.2) is 0 Å². The summed E-state index contributed by atoms with van der Waals surface area (Å²) in [7, 11) is 8.52. The summed E-state index contributed by atoms with van der Waals surface area (Å²) in [4.78, 5) is 6.20. The summed E-state index contributed by atoms with van der Waals surface area (Å²) in [6.45, 7) is 0. The van der Waals surface area contributed by atoms with Crippen molar-refractivity contribution in [3.63, 3.8) is 0 Å². The van der Waals surface area contributed by atoms with Gasteiger partial charge in [0.2, 0.25) is 10.4 Å². The Balaban J connectivity index is 0. The van der Waals surface area contributed by atoms with Crippen LogP contribution in [0.5, 0.6) is 0 Å². The third-order valence-corrected chi connectivity index (χ3v) is 1.81. The van der Waals surface area contributed by atoms with Crippen molar-refractivity contribution in [1.29, 1.82) is 0 Å². The average Bonchev–Trinajstić information content (AvgIpc) is 2.01. The molecule has 0 aromatic rings. The minimum atomic E-state index is -4.41.